The third-order valence-electron chi connectivity index (χ3n) is 1.74. The summed E-state index contributed by atoms with van der Waals surface area (Å²) in [4.78, 5) is 12.9. The molecule has 0 fully saturated rings. The van der Waals surface area contributed by atoms with Crippen LogP contribution in [0.4, 0.5) is 0 Å². The van der Waals surface area contributed by atoms with Crippen LogP contribution in [0.25, 0.3) is 0 Å². The molecule has 0 aromatic rings. The number of aliphatic hydroxyl groups is 1. The van der Waals surface area contributed by atoms with Crippen molar-refractivity contribution < 1.29 is 9.90 Å². The normalized spacial score (nSPS) is 10.1. The van der Waals surface area contributed by atoms with Crippen LogP contribution in [0.2, 0.25) is 0 Å². The van der Waals surface area contributed by atoms with Crippen LogP contribution in [0.1, 0.15) is 6.42 Å². The van der Waals surface area contributed by atoms with Gasteiger partial charge in [0.15, 0.2) is 0 Å². The Hall–Kier alpha value is -0.870. The van der Waals surface area contributed by atoms with E-state index in [1.54, 1.807) is 13.1 Å². The largest absolute Gasteiger partial charge is 0.395 e. The van der Waals surface area contributed by atoms with Crippen LogP contribution >= 0.6 is 0 Å². The van der Waals surface area contributed by atoms with E-state index in [9.17, 15) is 4.79 Å². The molecule has 1 amide bonds. The van der Waals surface area contributed by atoms with Gasteiger partial charge in [0.05, 0.1) is 6.61 Å². The van der Waals surface area contributed by atoms with Gasteiger partial charge in [0.2, 0.25) is 5.91 Å². The van der Waals surface area contributed by atoms with Gasteiger partial charge >= 0.3 is 0 Å². The minimum absolute atomic E-state index is 0.0204. The number of nitrogens with zero attached hydrogens (tertiary/aromatic N) is 1. The van der Waals surface area contributed by atoms with E-state index >= 15 is 0 Å². The number of hydrogen-bond donors (Lipinski definition) is 2. The Morgan fingerprint density at radius 2 is 2.31 bits per heavy atom. The second kappa shape index (κ2) is 7.76. The molecule has 0 bridgehead atoms. The smallest absolute Gasteiger partial charge is 0.221 e. The SMILES string of the molecule is C=CCN(CCO)CCC(=O)NC. The lowest BCUT2D eigenvalue weighted by Gasteiger charge is -2.18. The highest BCUT2D eigenvalue weighted by atomic mass is 16.3. The molecule has 0 radical (unpaired) electrons. The summed E-state index contributed by atoms with van der Waals surface area (Å²) >= 11 is 0. The molecule has 4 heteroatoms. The molecule has 13 heavy (non-hydrogen) atoms. The topological polar surface area (TPSA) is 52.6 Å². The standard InChI is InChI=1S/C9H18N2O2/c1-3-5-11(7-8-12)6-4-9(13)10-2/h3,12H,1,4-8H2,2H3,(H,10,13). The van der Waals surface area contributed by atoms with Gasteiger partial charge in [-0.05, 0) is 0 Å². The Bertz CT molecular complexity index is 160. The van der Waals surface area contributed by atoms with Crippen LogP contribution in [-0.2, 0) is 4.79 Å². The maximum absolute atomic E-state index is 10.9. The zero-order valence-electron chi connectivity index (χ0n) is 8.12. The number of hydrogen-bond acceptors (Lipinski definition) is 3. The average Bonchev–Trinajstić information content (AvgIpc) is 2.14. The van der Waals surface area contributed by atoms with Gasteiger partial charge in [-0.3, -0.25) is 9.69 Å². The predicted molar refractivity (Wildman–Crippen MR) is 52.4 cm³/mol. The lowest BCUT2D eigenvalue weighted by atomic mass is 10.3. The molecule has 0 aliphatic rings. The minimum Gasteiger partial charge on any atom is -0.395 e. The number of amides is 1. The first-order chi connectivity index (χ1) is 6.24. The molecular formula is C9H18N2O2. The van der Waals surface area contributed by atoms with Crippen molar-refractivity contribution in [2.75, 3.05) is 33.3 Å². The molecule has 0 aliphatic carbocycles. The van der Waals surface area contributed by atoms with Crippen LogP contribution in [-0.4, -0.2) is 49.2 Å². The first-order valence-corrected chi connectivity index (χ1v) is 4.39. The molecule has 0 aliphatic heterocycles. The van der Waals surface area contributed by atoms with Gasteiger partial charge in [-0.1, -0.05) is 6.08 Å². The number of carbonyl (C=O) groups excluding carboxylic acids is 1. The Morgan fingerprint density at radius 3 is 2.77 bits per heavy atom. The minimum atomic E-state index is 0.0204. The van der Waals surface area contributed by atoms with Crippen LogP contribution in [0.3, 0.4) is 0 Å². The van der Waals surface area contributed by atoms with Crippen molar-refractivity contribution in [3.8, 4) is 0 Å². The van der Waals surface area contributed by atoms with Crippen LogP contribution < -0.4 is 5.32 Å². The Balaban J connectivity index is 3.67. The Kier molecular flexibility index (Phi) is 7.24. The molecule has 0 rings (SSSR count). The molecule has 0 aromatic carbocycles. The van der Waals surface area contributed by atoms with E-state index in [4.69, 9.17) is 5.11 Å². The maximum atomic E-state index is 10.9. The third-order valence-corrected chi connectivity index (χ3v) is 1.74. The van der Waals surface area contributed by atoms with Crippen LogP contribution in [0.5, 0.6) is 0 Å². The van der Waals surface area contributed by atoms with E-state index in [2.05, 4.69) is 11.9 Å². The van der Waals surface area contributed by atoms with Crippen LogP contribution in [0.15, 0.2) is 12.7 Å². The van der Waals surface area contributed by atoms with Crippen molar-refractivity contribution in [1.82, 2.24) is 10.2 Å². The summed E-state index contributed by atoms with van der Waals surface area (Å²) in [6.07, 6.45) is 2.23. The van der Waals surface area contributed by atoms with Gasteiger partial charge in [0.1, 0.15) is 0 Å². The van der Waals surface area contributed by atoms with E-state index in [0.717, 1.165) is 0 Å². The molecular weight excluding hydrogens is 168 g/mol. The number of rotatable bonds is 7. The fourth-order valence-electron chi connectivity index (χ4n) is 1.00. The molecule has 0 unspecified atom stereocenters. The molecule has 0 atom stereocenters. The first-order valence-electron chi connectivity index (χ1n) is 4.39. The Labute approximate surface area is 79.2 Å². The highest BCUT2D eigenvalue weighted by molar-refractivity contribution is 5.75. The monoisotopic (exact) mass is 186 g/mol. The summed E-state index contributed by atoms with van der Waals surface area (Å²) in [7, 11) is 1.62. The van der Waals surface area contributed by atoms with Crippen molar-refractivity contribution in [1.29, 1.82) is 0 Å². The number of carbonyl (C=O) groups is 1. The zero-order valence-corrected chi connectivity index (χ0v) is 8.12. The molecule has 2 N–H and O–H groups in total. The van der Waals surface area contributed by atoms with E-state index in [0.29, 0.717) is 26.1 Å². The predicted octanol–water partition coefficient (Wildman–Crippen LogP) is -0.397. The van der Waals surface area contributed by atoms with Gasteiger partial charge in [-0.25, -0.2) is 0 Å². The lowest BCUT2D eigenvalue weighted by molar-refractivity contribution is -0.120. The third kappa shape index (κ3) is 6.31. The van der Waals surface area contributed by atoms with Gasteiger partial charge < -0.3 is 10.4 Å². The number of nitrogens with one attached hydrogen (secondary N) is 1. The highest BCUT2D eigenvalue weighted by Gasteiger charge is 2.04. The van der Waals surface area contributed by atoms with Crippen LogP contribution in [0, 0.1) is 0 Å². The Morgan fingerprint density at radius 1 is 1.62 bits per heavy atom. The van der Waals surface area contributed by atoms with Crippen molar-refractivity contribution >= 4 is 5.91 Å². The first kappa shape index (κ1) is 12.1. The fourth-order valence-corrected chi connectivity index (χ4v) is 1.00. The van der Waals surface area contributed by atoms with Gasteiger partial charge in [-0.15, -0.1) is 6.58 Å². The summed E-state index contributed by atoms with van der Waals surface area (Å²) in [5.41, 5.74) is 0. The fraction of sp³-hybridized carbons (Fsp3) is 0.667. The summed E-state index contributed by atoms with van der Waals surface area (Å²) in [6.45, 7) is 5.67. The second-order valence-corrected chi connectivity index (χ2v) is 2.74. The van der Waals surface area contributed by atoms with E-state index in [1.807, 2.05) is 4.90 Å². The van der Waals surface area contributed by atoms with E-state index in [1.165, 1.54) is 0 Å². The molecule has 0 aromatic heterocycles. The molecule has 4 nitrogen and oxygen atoms in total. The second-order valence-electron chi connectivity index (χ2n) is 2.74. The van der Waals surface area contributed by atoms with Crippen molar-refractivity contribution in [3.63, 3.8) is 0 Å². The molecule has 0 spiro atoms. The average molecular weight is 186 g/mol. The van der Waals surface area contributed by atoms with Crippen molar-refractivity contribution in [2.45, 2.75) is 6.42 Å². The van der Waals surface area contributed by atoms with E-state index < -0.39 is 0 Å². The quantitative estimate of drug-likeness (QED) is 0.532. The summed E-state index contributed by atoms with van der Waals surface area (Å²) < 4.78 is 0. The highest BCUT2D eigenvalue weighted by Crippen LogP contribution is 1.91. The lowest BCUT2D eigenvalue weighted by Crippen LogP contribution is -2.31. The summed E-state index contributed by atoms with van der Waals surface area (Å²) in [5.74, 6) is 0.0204. The van der Waals surface area contributed by atoms with Gasteiger partial charge in [0.25, 0.3) is 0 Å². The zero-order chi connectivity index (χ0) is 10.1. The van der Waals surface area contributed by atoms with Crippen molar-refractivity contribution in [2.24, 2.45) is 0 Å². The molecule has 0 saturated heterocycles. The van der Waals surface area contributed by atoms with Gasteiger partial charge in [-0.2, -0.15) is 0 Å². The molecule has 76 valence electrons. The van der Waals surface area contributed by atoms with Crippen molar-refractivity contribution in [3.05, 3.63) is 12.7 Å². The van der Waals surface area contributed by atoms with Gasteiger partial charge in [0, 0.05) is 33.1 Å². The molecule has 0 saturated carbocycles. The molecule has 0 heterocycles. The summed E-state index contributed by atoms with van der Waals surface area (Å²) in [6, 6.07) is 0. The van der Waals surface area contributed by atoms with E-state index in [-0.39, 0.29) is 12.5 Å². The number of aliphatic hydroxyl groups excluding tert-OH is 1. The maximum Gasteiger partial charge on any atom is 0.221 e. The summed E-state index contributed by atoms with van der Waals surface area (Å²) in [5, 5.41) is 11.3.